The SMILES string of the molecule is Cc1n[nH]c(=S)n(/N=C/c2ccc(O)cc2O)c1=O. The van der Waals surface area contributed by atoms with Crippen molar-refractivity contribution in [2.75, 3.05) is 0 Å². The Kier molecular flexibility index (Phi) is 3.43. The van der Waals surface area contributed by atoms with E-state index < -0.39 is 5.56 Å². The summed E-state index contributed by atoms with van der Waals surface area (Å²) in [5.41, 5.74) is 0.118. The quantitative estimate of drug-likeness (QED) is 0.559. The molecule has 1 aromatic heterocycles. The van der Waals surface area contributed by atoms with E-state index in [0.29, 0.717) is 5.56 Å². The van der Waals surface area contributed by atoms with Crippen LogP contribution in [0, 0.1) is 11.7 Å². The summed E-state index contributed by atoms with van der Waals surface area (Å²) in [7, 11) is 0. The van der Waals surface area contributed by atoms with Gasteiger partial charge in [-0.3, -0.25) is 9.89 Å². The van der Waals surface area contributed by atoms with E-state index in [1.54, 1.807) is 0 Å². The minimum atomic E-state index is -0.446. The van der Waals surface area contributed by atoms with Gasteiger partial charge in [-0.25, -0.2) is 0 Å². The number of rotatable bonds is 2. The van der Waals surface area contributed by atoms with Gasteiger partial charge in [0.1, 0.15) is 17.2 Å². The molecule has 0 spiro atoms. The smallest absolute Gasteiger partial charge is 0.296 e. The zero-order valence-corrected chi connectivity index (χ0v) is 10.7. The maximum atomic E-state index is 11.7. The number of phenols is 2. The number of hydrogen-bond acceptors (Lipinski definition) is 6. The Hall–Kier alpha value is -2.48. The Morgan fingerprint density at radius 1 is 1.47 bits per heavy atom. The second kappa shape index (κ2) is 5.02. The third-order valence-corrected chi connectivity index (χ3v) is 2.60. The second-order valence-electron chi connectivity index (χ2n) is 3.72. The van der Waals surface area contributed by atoms with Gasteiger partial charge < -0.3 is 10.2 Å². The molecule has 0 unspecified atom stereocenters. The van der Waals surface area contributed by atoms with E-state index >= 15 is 0 Å². The third-order valence-electron chi connectivity index (χ3n) is 2.34. The predicted molar refractivity (Wildman–Crippen MR) is 71.2 cm³/mol. The molecular formula is C11H10N4O3S. The zero-order valence-electron chi connectivity index (χ0n) is 9.86. The summed E-state index contributed by atoms with van der Waals surface area (Å²) in [6.07, 6.45) is 1.26. The molecule has 0 fully saturated rings. The number of H-pyrrole nitrogens is 1. The Bertz CT molecular complexity index is 763. The number of aromatic nitrogens is 3. The lowest BCUT2D eigenvalue weighted by Gasteiger charge is -2.01. The average molecular weight is 278 g/mol. The fourth-order valence-corrected chi connectivity index (χ4v) is 1.51. The molecule has 0 saturated carbocycles. The van der Waals surface area contributed by atoms with E-state index in [-0.39, 0.29) is 22.0 Å². The van der Waals surface area contributed by atoms with E-state index in [2.05, 4.69) is 15.3 Å². The molecule has 8 heteroatoms. The zero-order chi connectivity index (χ0) is 14.0. The summed E-state index contributed by atoms with van der Waals surface area (Å²) in [5, 5.41) is 28.8. The molecule has 2 rings (SSSR count). The van der Waals surface area contributed by atoms with Gasteiger partial charge in [0.05, 0.1) is 6.21 Å². The average Bonchev–Trinajstić information content (AvgIpc) is 2.36. The highest BCUT2D eigenvalue weighted by atomic mass is 32.1. The minimum absolute atomic E-state index is 0.0464. The van der Waals surface area contributed by atoms with Crippen LogP contribution < -0.4 is 5.56 Å². The Morgan fingerprint density at radius 3 is 2.89 bits per heavy atom. The van der Waals surface area contributed by atoms with E-state index in [9.17, 15) is 9.90 Å². The van der Waals surface area contributed by atoms with E-state index in [0.717, 1.165) is 4.68 Å². The van der Waals surface area contributed by atoms with Gasteiger partial charge in [0.15, 0.2) is 0 Å². The molecule has 1 aromatic carbocycles. The van der Waals surface area contributed by atoms with Gasteiger partial charge in [-0.05, 0) is 31.3 Å². The molecule has 0 aliphatic heterocycles. The number of aromatic hydroxyl groups is 2. The van der Waals surface area contributed by atoms with Gasteiger partial charge in [0.2, 0.25) is 4.77 Å². The van der Waals surface area contributed by atoms with Crippen LogP contribution in [0.15, 0.2) is 28.1 Å². The maximum Gasteiger partial charge on any atom is 0.296 e. The highest BCUT2D eigenvalue weighted by Gasteiger charge is 2.02. The first-order valence-corrected chi connectivity index (χ1v) is 5.64. The van der Waals surface area contributed by atoms with E-state index in [4.69, 9.17) is 17.3 Å². The standard InChI is InChI=1S/C11H10N4O3S/c1-6-10(18)15(11(19)14-13-6)12-5-7-2-3-8(16)4-9(7)17/h2-5,16-17H,1H3,(H,14,19)/b12-5+. The number of hydrogen-bond donors (Lipinski definition) is 3. The maximum absolute atomic E-state index is 11.7. The molecule has 2 aromatic rings. The van der Waals surface area contributed by atoms with Crippen LogP contribution in [0.1, 0.15) is 11.3 Å². The molecule has 0 bridgehead atoms. The predicted octanol–water partition coefficient (Wildman–Crippen LogP) is 0.903. The molecule has 1 heterocycles. The van der Waals surface area contributed by atoms with Crippen LogP contribution in [0.4, 0.5) is 0 Å². The Labute approximate surface area is 112 Å². The Balaban J connectivity index is 2.47. The van der Waals surface area contributed by atoms with Gasteiger partial charge in [-0.15, -0.1) is 0 Å². The van der Waals surface area contributed by atoms with Gasteiger partial charge >= 0.3 is 0 Å². The summed E-state index contributed by atoms with van der Waals surface area (Å²) < 4.78 is 1.01. The molecule has 0 amide bonds. The third kappa shape index (κ3) is 2.68. The van der Waals surface area contributed by atoms with Crippen molar-refractivity contribution in [2.45, 2.75) is 6.92 Å². The first-order valence-electron chi connectivity index (χ1n) is 5.23. The topological polar surface area (TPSA) is 104 Å². The van der Waals surface area contributed by atoms with Crippen molar-refractivity contribution >= 4 is 18.4 Å². The summed E-state index contributed by atoms with van der Waals surface area (Å²) in [6.45, 7) is 1.53. The number of benzene rings is 1. The van der Waals surface area contributed by atoms with Crippen molar-refractivity contribution in [1.29, 1.82) is 0 Å². The molecule has 0 atom stereocenters. The first-order chi connectivity index (χ1) is 8.99. The summed E-state index contributed by atoms with van der Waals surface area (Å²) in [6, 6.07) is 4.02. The molecule has 0 saturated heterocycles. The number of phenolic OH excluding ortho intramolecular Hbond substituents is 2. The number of nitrogens with one attached hydrogen (secondary N) is 1. The van der Waals surface area contributed by atoms with Crippen LogP contribution in [0.2, 0.25) is 0 Å². The van der Waals surface area contributed by atoms with Gasteiger partial charge in [-0.1, -0.05) is 0 Å². The lowest BCUT2D eigenvalue weighted by Crippen LogP contribution is -2.22. The van der Waals surface area contributed by atoms with Crippen LogP contribution >= 0.6 is 12.2 Å². The van der Waals surface area contributed by atoms with Crippen LogP contribution in [0.25, 0.3) is 0 Å². The Morgan fingerprint density at radius 2 is 2.21 bits per heavy atom. The number of aryl methyl sites for hydroxylation is 1. The molecule has 19 heavy (non-hydrogen) atoms. The van der Waals surface area contributed by atoms with Crippen molar-refractivity contribution in [3.63, 3.8) is 0 Å². The second-order valence-corrected chi connectivity index (χ2v) is 4.11. The number of nitrogens with zero attached hydrogens (tertiary/aromatic N) is 3. The molecule has 0 aliphatic rings. The van der Waals surface area contributed by atoms with Crippen molar-refractivity contribution < 1.29 is 10.2 Å². The lowest BCUT2D eigenvalue weighted by atomic mass is 10.2. The molecule has 7 nitrogen and oxygen atoms in total. The fraction of sp³-hybridized carbons (Fsp3) is 0.0909. The molecular weight excluding hydrogens is 268 g/mol. The summed E-state index contributed by atoms with van der Waals surface area (Å²) in [4.78, 5) is 11.7. The van der Waals surface area contributed by atoms with Crippen molar-refractivity contribution in [3.05, 3.63) is 44.6 Å². The lowest BCUT2D eigenvalue weighted by molar-refractivity contribution is 0.450. The van der Waals surface area contributed by atoms with Crippen molar-refractivity contribution in [1.82, 2.24) is 14.9 Å². The summed E-state index contributed by atoms with van der Waals surface area (Å²) in [5.74, 6) is -0.221. The van der Waals surface area contributed by atoms with Gasteiger partial charge in [-0.2, -0.15) is 14.9 Å². The molecule has 3 N–H and O–H groups in total. The molecule has 0 aliphatic carbocycles. The van der Waals surface area contributed by atoms with E-state index in [1.807, 2.05) is 0 Å². The summed E-state index contributed by atoms with van der Waals surface area (Å²) >= 11 is 4.90. The van der Waals surface area contributed by atoms with Crippen LogP contribution in [0.3, 0.4) is 0 Å². The van der Waals surface area contributed by atoms with Crippen LogP contribution in [-0.4, -0.2) is 31.3 Å². The normalized spacial score (nSPS) is 11.0. The van der Waals surface area contributed by atoms with Crippen molar-refractivity contribution in [2.24, 2.45) is 5.10 Å². The highest BCUT2D eigenvalue weighted by molar-refractivity contribution is 7.71. The number of aromatic amines is 1. The monoisotopic (exact) mass is 278 g/mol. The molecule has 98 valence electrons. The largest absolute Gasteiger partial charge is 0.508 e. The first kappa shape index (κ1) is 13.0. The highest BCUT2D eigenvalue weighted by Crippen LogP contribution is 2.20. The van der Waals surface area contributed by atoms with Crippen LogP contribution in [-0.2, 0) is 0 Å². The van der Waals surface area contributed by atoms with Gasteiger partial charge in [0, 0.05) is 11.6 Å². The van der Waals surface area contributed by atoms with Gasteiger partial charge in [0.25, 0.3) is 5.56 Å². The van der Waals surface area contributed by atoms with E-state index in [1.165, 1.54) is 31.3 Å². The van der Waals surface area contributed by atoms with Crippen LogP contribution in [0.5, 0.6) is 11.5 Å². The molecule has 0 radical (unpaired) electrons. The fourth-order valence-electron chi connectivity index (χ4n) is 1.34. The minimum Gasteiger partial charge on any atom is -0.508 e. The van der Waals surface area contributed by atoms with Crippen molar-refractivity contribution in [3.8, 4) is 11.5 Å².